The van der Waals surface area contributed by atoms with Crippen LogP contribution >= 0.6 is 23.7 Å². The molecule has 1 aromatic heterocycles. The summed E-state index contributed by atoms with van der Waals surface area (Å²) in [4.78, 5) is 16.3. The first-order valence-electron chi connectivity index (χ1n) is 5.68. The first-order valence-corrected chi connectivity index (χ1v) is 6.49. The number of anilines is 1. The van der Waals surface area contributed by atoms with E-state index in [4.69, 9.17) is 4.74 Å². The van der Waals surface area contributed by atoms with Crippen molar-refractivity contribution in [3.05, 3.63) is 10.7 Å². The van der Waals surface area contributed by atoms with Gasteiger partial charge in [-0.3, -0.25) is 4.79 Å². The Morgan fingerprint density at radius 2 is 2.28 bits per heavy atom. The standard InChI is InChI=1S/C11H17N3O2S.ClH/c1-6-11(17-8(3)13-6)14-10(15)9-7(2)16-5-4-12-9;/h7,9,12H,4-5H2,1-3H3,(H,14,15);1H/t7-,9+;/m1./s1. The molecule has 18 heavy (non-hydrogen) atoms. The molecule has 2 rings (SSSR count). The smallest absolute Gasteiger partial charge is 0.244 e. The summed E-state index contributed by atoms with van der Waals surface area (Å²) in [5.41, 5.74) is 0.866. The van der Waals surface area contributed by atoms with Crippen LogP contribution < -0.4 is 10.6 Å². The minimum absolute atomic E-state index is 0. The van der Waals surface area contributed by atoms with Crippen LogP contribution in [0.25, 0.3) is 0 Å². The zero-order valence-corrected chi connectivity index (χ0v) is 12.3. The largest absolute Gasteiger partial charge is 0.375 e. The van der Waals surface area contributed by atoms with Gasteiger partial charge in [0.25, 0.3) is 0 Å². The van der Waals surface area contributed by atoms with Gasteiger partial charge in [-0.1, -0.05) is 0 Å². The third-order valence-electron chi connectivity index (χ3n) is 2.74. The van der Waals surface area contributed by atoms with E-state index in [1.54, 1.807) is 0 Å². The second-order valence-corrected chi connectivity index (χ2v) is 5.35. The first-order chi connectivity index (χ1) is 8.08. The Balaban J connectivity index is 0.00000162. The molecule has 2 atom stereocenters. The summed E-state index contributed by atoms with van der Waals surface area (Å²) in [5, 5.41) is 7.85. The number of hydrogen-bond acceptors (Lipinski definition) is 5. The minimum Gasteiger partial charge on any atom is -0.375 e. The van der Waals surface area contributed by atoms with E-state index in [0.717, 1.165) is 15.7 Å². The Morgan fingerprint density at radius 3 is 2.83 bits per heavy atom. The molecule has 0 saturated carbocycles. The van der Waals surface area contributed by atoms with Gasteiger partial charge < -0.3 is 15.4 Å². The van der Waals surface area contributed by atoms with Crippen LogP contribution in [0.4, 0.5) is 5.00 Å². The van der Waals surface area contributed by atoms with E-state index in [2.05, 4.69) is 15.6 Å². The maximum atomic E-state index is 12.1. The highest BCUT2D eigenvalue weighted by molar-refractivity contribution is 7.16. The fourth-order valence-corrected chi connectivity index (χ4v) is 2.69. The number of amides is 1. The maximum Gasteiger partial charge on any atom is 0.244 e. The molecule has 5 nitrogen and oxygen atoms in total. The predicted molar refractivity (Wildman–Crippen MR) is 74.7 cm³/mol. The number of aryl methyl sites for hydroxylation is 2. The molecule has 1 fully saturated rings. The summed E-state index contributed by atoms with van der Waals surface area (Å²) in [6.07, 6.45) is -0.0990. The molecule has 102 valence electrons. The Morgan fingerprint density at radius 1 is 1.56 bits per heavy atom. The fraction of sp³-hybridized carbons (Fsp3) is 0.636. The quantitative estimate of drug-likeness (QED) is 0.867. The topological polar surface area (TPSA) is 63.2 Å². The third kappa shape index (κ3) is 3.41. The van der Waals surface area contributed by atoms with Gasteiger partial charge in [-0.25, -0.2) is 4.98 Å². The number of ether oxygens (including phenoxy) is 1. The van der Waals surface area contributed by atoms with Crippen molar-refractivity contribution in [3.8, 4) is 0 Å². The Kier molecular flexibility index (Phi) is 5.52. The van der Waals surface area contributed by atoms with Crippen molar-refractivity contribution < 1.29 is 9.53 Å². The molecule has 1 aliphatic rings. The molecule has 2 heterocycles. The second-order valence-electron chi connectivity index (χ2n) is 4.14. The van der Waals surface area contributed by atoms with Gasteiger partial charge in [0.1, 0.15) is 11.0 Å². The van der Waals surface area contributed by atoms with E-state index in [-0.39, 0.29) is 30.5 Å². The van der Waals surface area contributed by atoms with E-state index < -0.39 is 0 Å². The van der Waals surface area contributed by atoms with Crippen LogP contribution in [0, 0.1) is 13.8 Å². The molecule has 1 aromatic rings. The van der Waals surface area contributed by atoms with Gasteiger partial charge in [-0.05, 0) is 20.8 Å². The van der Waals surface area contributed by atoms with Crippen molar-refractivity contribution in [2.45, 2.75) is 32.9 Å². The molecule has 1 aliphatic heterocycles. The number of carbonyl (C=O) groups is 1. The number of carbonyl (C=O) groups excluding carboxylic acids is 1. The monoisotopic (exact) mass is 291 g/mol. The summed E-state index contributed by atoms with van der Waals surface area (Å²) in [6, 6.07) is -0.287. The van der Waals surface area contributed by atoms with Crippen LogP contribution in [-0.2, 0) is 9.53 Å². The lowest BCUT2D eigenvalue weighted by atomic mass is 10.1. The van der Waals surface area contributed by atoms with Gasteiger partial charge >= 0.3 is 0 Å². The molecule has 0 spiro atoms. The van der Waals surface area contributed by atoms with Gasteiger partial charge in [0.2, 0.25) is 5.91 Å². The van der Waals surface area contributed by atoms with E-state index in [9.17, 15) is 4.79 Å². The maximum absolute atomic E-state index is 12.1. The van der Waals surface area contributed by atoms with Crippen molar-refractivity contribution in [1.29, 1.82) is 0 Å². The zero-order valence-electron chi connectivity index (χ0n) is 10.6. The number of nitrogens with one attached hydrogen (secondary N) is 2. The minimum atomic E-state index is -0.287. The second kappa shape index (κ2) is 6.47. The molecule has 7 heteroatoms. The van der Waals surface area contributed by atoms with Crippen molar-refractivity contribution >= 4 is 34.7 Å². The molecule has 0 aromatic carbocycles. The van der Waals surface area contributed by atoms with Crippen LogP contribution in [0.2, 0.25) is 0 Å². The Labute approximate surface area is 117 Å². The number of thiazole rings is 1. The normalized spacial score (nSPS) is 23.3. The van der Waals surface area contributed by atoms with Gasteiger partial charge in [0, 0.05) is 6.54 Å². The van der Waals surface area contributed by atoms with Crippen LogP contribution in [0.3, 0.4) is 0 Å². The fourth-order valence-electron chi connectivity index (χ4n) is 1.86. The third-order valence-corrected chi connectivity index (χ3v) is 3.73. The molecule has 0 aliphatic carbocycles. The lowest BCUT2D eigenvalue weighted by Crippen LogP contribution is -2.53. The Hall–Kier alpha value is -0.690. The van der Waals surface area contributed by atoms with Crippen molar-refractivity contribution in [2.75, 3.05) is 18.5 Å². The number of hydrogen-bond donors (Lipinski definition) is 2. The zero-order chi connectivity index (χ0) is 12.4. The Bertz CT molecular complexity index is 424. The summed E-state index contributed by atoms with van der Waals surface area (Å²) in [7, 11) is 0. The molecule has 1 saturated heterocycles. The van der Waals surface area contributed by atoms with Crippen molar-refractivity contribution in [3.63, 3.8) is 0 Å². The number of morpholine rings is 1. The van der Waals surface area contributed by atoms with Crippen LogP contribution in [0.5, 0.6) is 0 Å². The molecular weight excluding hydrogens is 274 g/mol. The average molecular weight is 292 g/mol. The highest BCUT2D eigenvalue weighted by Gasteiger charge is 2.28. The summed E-state index contributed by atoms with van der Waals surface area (Å²) in [5.74, 6) is -0.0519. The van der Waals surface area contributed by atoms with Gasteiger partial charge in [0.05, 0.1) is 23.4 Å². The van der Waals surface area contributed by atoms with Crippen LogP contribution in [-0.4, -0.2) is 36.2 Å². The molecular formula is C11H18ClN3O2S. The van der Waals surface area contributed by atoms with E-state index in [0.29, 0.717) is 13.2 Å². The molecule has 1 amide bonds. The van der Waals surface area contributed by atoms with Gasteiger partial charge in [-0.2, -0.15) is 0 Å². The van der Waals surface area contributed by atoms with E-state index in [1.165, 1.54) is 11.3 Å². The van der Waals surface area contributed by atoms with Gasteiger partial charge in [0.15, 0.2) is 0 Å². The molecule has 2 N–H and O–H groups in total. The highest BCUT2D eigenvalue weighted by Crippen LogP contribution is 2.23. The molecule has 0 bridgehead atoms. The summed E-state index contributed by atoms with van der Waals surface area (Å²) < 4.78 is 5.45. The number of halogens is 1. The lowest BCUT2D eigenvalue weighted by molar-refractivity contribution is -0.123. The van der Waals surface area contributed by atoms with Crippen molar-refractivity contribution in [2.24, 2.45) is 0 Å². The first kappa shape index (κ1) is 15.4. The SMILES string of the molecule is Cc1nc(C)c(NC(=O)[C@H]2NCCO[C@@H]2C)s1.Cl. The van der Waals surface area contributed by atoms with E-state index >= 15 is 0 Å². The van der Waals surface area contributed by atoms with Crippen LogP contribution in [0.15, 0.2) is 0 Å². The van der Waals surface area contributed by atoms with Gasteiger partial charge in [-0.15, -0.1) is 23.7 Å². The highest BCUT2D eigenvalue weighted by atomic mass is 35.5. The predicted octanol–water partition coefficient (Wildman–Crippen LogP) is 1.50. The van der Waals surface area contributed by atoms with E-state index in [1.807, 2.05) is 20.8 Å². The molecule has 0 unspecified atom stereocenters. The van der Waals surface area contributed by atoms with Crippen molar-refractivity contribution in [1.82, 2.24) is 10.3 Å². The van der Waals surface area contributed by atoms with Crippen LogP contribution in [0.1, 0.15) is 17.6 Å². The number of nitrogens with zero attached hydrogens (tertiary/aromatic N) is 1. The average Bonchev–Trinajstić information content (AvgIpc) is 2.58. The lowest BCUT2D eigenvalue weighted by Gasteiger charge is -2.29. The summed E-state index contributed by atoms with van der Waals surface area (Å²) >= 11 is 1.50. The molecule has 0 radical (unpaired) electrons. The summed E-state index contributed by atoms with van der Waals surface area (Å²) in [6.45, 7) is 7.10. The number of rotatable bonds is 2. The number of aromatic nitrogens is 1.